The van der Waals surface area contributed by atoms with E-state index >= 15 is 0 Å². The minimum atomic E-state index is 0.0839. The maximum absolute atomic E-state index is 12.3. The molecule has 0 aliphatic carbocycles. The molecule has 2 amide bonds. The highest BCUT2D eigenvalue weighted by Crippen LogP contribution is 2.15. The van der Waals surface area contributed by atoms with Crippen LogP contribution in [0.1, 0.15) is 47.0 Å². The van der Waals surface area contributed by atoms with Gasteiger partial charge in [0.1, 0.15) is 0 Å². The fourth-order valence-corrected chi connectivity index (χ4v) is 3.47. The minimum Gasteiger partial charge on any atom is -0.372 e. The van der Waals surface area contributed by atoms with Crippen LogP contribution in [0, 0.1) is 0 Å². The summed E-state index contributed by atoms with van der Waals surface area (Å²) < 4.78 is 11.3. The van der Waals surface area contributed by atoms with Crippen LogP contribution in [-0.2, 0) is 19.1 Å². The third-order valence-electron chi connectivity index (χ3n) is 4.33. The molecule has 0 spiro atoms. The van der Waals surface area contributed by atoms with Crippen molar-refractivity contribution in [1.29, 1.82) is 0 Å². The van der Waals surface area contributed by atoms with Crippen LogP contribution in [0.3, 0.4) is 0 Å². The summed E-state index contributed by atoms with van der Waals surface area (Å²) in [6.45, 7) is 10.5. The molecule has 0 radical (unpaired) electrons. The van der Waals surface area contributed by atoms with Gasteiger partial charge in [-0.25, -0.2) is 0 Å². The van der Waals surface area contributed by atoms with Gasteiger partial charge in [-0.3, -0.25) is 9.59 Å². The monoisotopic (exact) mass is 326 g/mol. The predicted octanol–water partition coefficient (Wildman–Crippen LogP) is 1.43. The van der Waals surface area contributed by atoms with Crippen molar-refractivity contribution in [3.8, 4) is 0 Å². The van der Waals surface area contributed by atoms with Crippen molar-refractivity contribution in [2.45, 2.75) is 71.4 Å². The molecule has 2 saturated heterocycles. The second-order valence-corrected chi connectivity index (χ2v) is 6.97. The highest BCUT2D eigenvalue weighted by atomic mass is 16.5. The normalized spacial score (nSPS) is 32.0. The molecule has 2 heterocycles. The van der Waals surface area contributed by atoms with Crippen molar-refractivity contribution in [3.63, 3.8) is 0 Å². The summed E-state index contributed by atoms with van der Waals surface area (Å²) in [6.07, 6.45) is 1.81. The first kappa shape index (κ1) is 18.2. The molecule has 0 unspecified atom stereocenters. The molecule has 2 aliphatic heterocycles. The molecule has 0 aromatic rings. The lowest BCUT2D eigenvalue weighted by Gasteiger charge is -2.36. The molecule has 2 rings (SSSR count). The lowest BCUT2D eigenvalue weighted by atomic mass is 10.1. The van der Waals surface area contributed by atoms with E-state index < -0.39 is 0 Å². The van der Waals surface area contributed by atoms with Crippen molar-refractivity contribution >= 4 is 11.8 Å². The molecule has 0 saturated carbocycles. The Labute approximate surface area is 139 Å². The zero-order valence-corrected chi connectivity index (χ0v) is 14.8. The van der Waals surface area contributed by atoms with Gasteiger partial charge in [0.25, 0.3) is 0 Å². The van der Waals surface area contributed by atoms with Gasteiger partial charge in [0.2, 0.25) is 11.8 Å². The molecule has 6 nitrogen and oxygen atoms in total. The smallest absolute Gasteiger partial charge is 0.222 e. The van der Waals surface area contributed by atoms with Gasteiger partial charge in [-0.1, -0.05) is 0 Å². The van der Waals surface area contributed by atoms with Crippen molar-refractivity contribution in [1.82, 2.24) is 9.80 Å². The van der Waals surface area contributed by atoms with E-state index in [-0.39, 0.29) is 36.2 Å². The molecular formula is C17H30N2O4. The summed E-state index contributed by atoms with van der Waals surface area (Å²) in [6, 6.07) is 0. The van der Waals surface area contributed by atoms with Crippen LogP contribution in [0.25, 0.3) is 0 Å². The molecule has 132 valence electrons. The molecule has 2 fully saturated rings. The summed E-state index contributed by atoms with van der Waals surface area (Å²) in [7, 11) is 0. The van der Waals surface area contributed by atoms with Crippen LogP contribution in [0.5, 0.6) is 0 Å². The largest absolute Gasteiger partial charge is 0.372 e. The Balaban J connectivity index is 1.71. The summed E-state index contributed by atoms with van der Waals surface area (Å²) in [4.78, 5) is 28.3. The fourth-order valence-electron chi connectivity index (χ4n) is 3.47. The molecule has 0 bridgehead atoms. The van der Waals surface area contributed by atoms with Crippen LogP contribution in [-0.4, -0.2) is 72.2 Å². The topological polar surface area (TPSA) is 59.1 Å². The van der Waals surface area contributed by atoms with Crippen molar-refractivity contribution in [2.24, 2.45) is 0 Å². The van der Waals surface area contributed by atoms with E-state index in [4.69, 9.17) is 9.47 Å². The molecule has 23 heavy (non-hydrogen) atoms. The van der Waals surface area contributed by atoms with Gasteiger partial charge in [0.15, 0.2) is 0 Å². The number of carbonyl (C=O) groups excluding carboxylic acids is 2. The molecule has 6 heteroatoms. The van der Waals surface area contributed by atoms with Crippen LogP contribution >= 0.6 is 0 Å². The molecule has 4 atom stereocenters. The molecular weight excluding hydrogens is 296 g/mol. The molecule has 0 aromatic carbocycles. The van der Waals surface area contributed by atoms with Crippen molar-refractivity contribution in [3.05, 3.63) is 0 Å². The van der Waals surface area contributed by atoms with Crippen LogP contribution < -0.4 is 0 Å². The number of hydrogen-bond acceptors (Lipinski definition) is 4. The van der Waals surface area contributed by atoms with Crippen LogP contribution in [0.2, 0.25) is 0 Å². The second-order valence-electron chi connectivity index (χ2n) is 6.97. The first-order valence-corrected chi connectivity index (χ1v) is 8.71. The number of hydrogen-bond donors (Lipinski definition) is 0. The van der Waals surface area contributed by atoms with Gasteiger partial charge >= 0.3 is 0 Å². The SMILES string of the molecule is C[C@@H]1CN(C(=O)CCCC(=O)N2C[C@H](C)O[C@@H](C)C2)C[C@H](C)O1. The van der Waals surface area contributed by atoms with E-state index in [1.54, 1.807) is 0 Å². The first-order chi connectivity index (χ1) is 10.8. The van der Waals surface area contributed by atoms with E-state index in [9.17, 15) is 9.59 Å². The van der Waals surface area contributed by atoms with E-state index in [2.05, 4.69) is 0 Å². The predicted molar refractivity (Wildman–Crippen MR) is 87.0 cm³/mol. The third-order valence-corrected chi connectivity index (χ3v) is 4.33. The Morgan fingerprint density at radius 2 is 1.04 bits per heavy atom. The van der Waals surface area contributed by atoms with Gasteiger partial charge in [-0.05, 0) is 34.1 Å². The highest BCUT2D eigenvalue weighted by molar-refractivity contribution is 5.79. The molecule has 0 aromatic heterocycles. The van der Waals surface area contributed by atoms with Gasteiger partial charge in [-0.15, -0.1) is 0 Å². The average molecular weight is 326 g/mol. The molecule has 2 aliphatic rings. The summed E-state index contributed by atoms with van der Waals surface area (Å²) in [5.74, 6) is 0.257. The Bertz CT molecular complexity index is 371. The molecule has 0 N–H and O–H groups in total. The first-order valence-electron chi connectivity index (χ1n) is 8.71. The number of carbonyl (C=O) groups is 2. The number of nitrogens with zero attached hydrogens (tertiary/aromatic N) is 2. The summed E-state index contributed by atoms with van der Waals surface area (Å²) in [5, 5.41) is 0. The lowest BCUT2D eigenvalue weighted by Crippen LogP contribution is -2.48. The Kier molecular flexibility index (Phi) is 6.41. The minimum absolute atomic E-state index is 0.0839. The van der Waals surface area contributed by atoms with E-state index in [0.717, 1.165) is 0 Å². The van der Waals surface area contributed by atoms with E-state index in [1.807, 2.05) is 37.5 Å². The fraction of sp³-hybridized carbons (Fsp3) is 0.882. The van der Waals surface area contributed by atoms with E-state index in [0.29, 0.717) is 45.4 Å². The maximum atomic E-state index is 12.3. The van der Waals surface area contributed by atoms with Crippen molar-refractivity contribution in [2.75, 3.05) is 26.2 Å². The Morgan fingerprint density at radius 3 is 1.35 bits per heavy atom. The third kappa shape index (κ3) is 5.46. The van der Waals surface area contributed by atoms with Crippen LogP contribution in [0.4, 0.5) is 0 Å². The van der Waals surface area contributed by atoms with Gasteiger partial charge in [0.05, 0.1) is 24.4 Å². The second kappa shape index (κ2) is 8.11. The van der Waals surface area contributed by atoms with Gasteiger partial charge < -0.3 is 19.3 Å². The van der Waals surface area contributed by atoms with Crippen LogP contribution in [0.15, 0.2) is 0 Å². The maximum Gasteiger partial charge on any atom is 0.222 e. The Morgan fingerprint density at radius 1 is 0.739 bits per heavy atom. The standard InChI is InChI=1S/C17H30N2O4/c1-12-8-18(9-13(2)22-12)16(20)6-5-7-17(21)19-10-14(3)23-15(4)11-19/h12-15H,5-11H2,1-4H3/t12-,13-,14-,15+/m0/s1. The number of ether oxygens (including phenoxy) is 2. The zero-order valence-electron chi connectivity index (χ0n) is 14.8. The van der Waals surface area contributed by atoms with Gasteiger partial charge in [0, 0.05) is 39.0 Å². The van der Waals surface area contributed by atoms with Crippen molar-refractivity contribution < 1.29 is 19.1 Å². The quantitative estimate of drug-likeness (QED) is 0.784. The summed E-state index contributed by atoms with van der Waals surface area (Å²) in [5.41, 5.74) is 0. The lowest BCUT2D eigenvalue weighted by molar-refractivity contribution is -0.145. The Hall–Kier alpha value is -1.14. The van der Waals surface area contributed by atoms with Gasteiger partial charge in [-0.2, -0.15) is 0 Å². The zero-order chi connectivity index (χ0) is 17.0. The summed E-state index contributed by atoms with van der Waals surface area (Å²) >= 11 is 0. The van der Waals surface area contributed by atoms with E-state index in [1.165, 1.54) is 0 Å². The number of amides is 2. The number of rotatable bonds is 4. The number of morpholine rings is 2. The average Bonchev–Trinajstić information content (AvgIpc) is 2.44. The highest BCUT2D eigenvalue weighted by Gasteiger charge is 2.27.